The number of terminal acetylenes is 1. The molecule has 3 N–H and O–H groups in total. The molecule has 6 nitrogen and oxygen atoms in total. The summed E-state index contributed by atoms with van der Waals surface area (Å²) in [6, 6.07) is 24.0. The van der Waals surface area contributed by atoms with Crippen LogP contribution in [-0.4, -0.2) is 31.2 Å². The highest BCUT2D eigenvalue weighted by molar-refractivity contribution is 7.42. The van der Waals surface area contributed by atoms with Crippen molar-refractivity contribution in [3.05, 3.63) is 102 Å². The highest BCUT2D eigenvalue weighted by atomic mass is 31.1. The van der Waals surface area contributed by atoms with Crippen LogP contribution in [0.3, 0.4) is 0 Å². The molecular weight excluding hydrogens is 528 g/mol. The highest BCUT2D eigenvalue weighted by Gasteiger charge is 2.60. The maximum atomic E-state index is 14.1. The summed E-state index contributed by atoms with van der Waals surface area (Å²) in [5.74, 6) is -0.749. The minimum atomic E-state index is -4.09. The largest absolute Gasteiger partial charge is 0.480 e. The molecule has 1 aromatic heterocycles. The summed E-state index contributed by atoms with van der Waals surface area (Å²) >= 11 is 0. The molecule has 4 aromatic rings. The first kappa shape index (κ1) is 28.9. The molecule has 0 aliphatic heterocycles. The Morgan fingerprint density at radius 1 is 0.925 bits per heavy atom. The smallest absolute Gasteiger partial charge is 0.335 e. The third-order valence-corrected chi connectivity index (χ3v) is 8.58. The second-order valence-corrected chi connectivity index (χ2v) is 11.3. The van der Waals surface area contributed by atoms with E-state index in [-0.39, 0.29) is 11.3 Å². The Hall–Kier alpha value is -4.08. The minimum absolute atomic E-state index is 0.0135. The third-order valence-electron chi connectivity index (χ3n) is 7.09. The van der Waals surface area contributed by atoms with E-state index < -0.39 is 36.5 Å². The summed E-state index contributed by atoms with van der Waals surface area (Å²) in [6.45, 7) is 4.76. The lowest BCUT2D eigenvalue weighted by molar-refractivity contribution is -0.145. The van der Waals surface area contributed by atoms with E-state index >= 15 is 0 Å². The van der Waals surface area contributed by atoms with Crippen LogP contribution >= 0.6 is 8.03 Å². The van der Waals surface area contributed by atoms with Crippen LogP contribution in [0.4, 0.5) is 4.39 Å². The van der Waals surface area contributed by atoms with Gasteiger partial charge >= 0.3 is 5.97 Å². The number of halogens is 1. The molecule has 0 radical (unpaired) electrons. The highest BCUT2D eigenvalue weighted by Crippen LogP contribution is 2.55. The molecule has 40 heavy (non-hydrogen) atoms. The van der Waals surface area contributed by atoms with Crippen molar-refractivity contribution in [2.75, 3.05) is 0 Å². The number of carboxylic acid groups (broad SMARTS) is 1. The molecule has 8 heteroatoms. The normalized spacial score (nSPS) is 15.1. The van der Waals surface area contributed by atoms with E-state index in [1.807, 2.05) is 80.4 Å². The van der Waals surface area contributed by atoms with Crippen LogP contribution in [0, 0.1) is 18.2 Å². The van der Waals surface area contributed by atoms with Crippen LogP contribution in [0.2, 0.25) is 0 Å². The number of benzene rings is 3. The zero-order chi connectivity index (χ0) is 29.2. The fourth-order valence-electron chi connectivity index (χ4n) is 5.07. The third kappa shape index (κ3) is 4.76. The average Bonchev–Trinajstić information content (AvgIpc) is 2.93. The van der Waals surface area contributed by atoms with Crippen molar-refractivity contribution in [2.24, 2.45) is 0 Å². The zero-order valence-corrected chi connectivity index (χ0v) is 23.2. The van der Waals surface area contributed by atoms with Crippen LogP contribution in [-0.2, 0) is 15.0 Å². The Morgan fingerprint density at radius 3 is 1.88 bits per heavy atom. The van der Waals surface area contributed by atoms with Crippen LogP contribution in [0.25, 0.3) is 33.5 Å². The summed E-state index contributed by atoms with van der Waals surface area (Å²) < 4.78 is 26.9. The Balaban J connectivity index is 2.34. The molecule has 0 aliphatic rings. The Bertz CT molecular complexity index is 1600. The number of aromatic nitrogens is 1. The number of hydrogen-bond donors (Lipinski definition) is 3. The fourth-order valence-corrected chi connectivity index (χ4v) is 5.92. The van der Waals surface area contributed by atoms with Gasteiger partial charge in [-0.1, -0.05) is 92.6 Å². The maximum absolute atomic E-state index is 14.1. The standard InChI is InChI=1S/C32H29FNO5P/c1-5-32(30(35)36,40(38)39)31(4,37)27-25(22-16-18-24(33)19-17-22)26(21-12-8-6-9-13-21)29(34-28(27)20(2)3)23-14-10-7-11-15-23/h1,6-20,37,40H,2-4H3,(H,35,36)(H,38,39). The predicted octanol–water partition coefficient (Wildman–Crippen LogP) is 6.48. The molecule has 0 spiro atoms. The summed E-state index contributed by atoms with van der Waals surface area (Å²) in [5, 5.41) is 19.6. The van der Waals surface area contributed by atoms with E-state index in [9.17, 15) is 28.9 Å². The van der Waals surface area contributed by atoms with Crippen LogP contribution in [0.1, 0.15) is 37.9 Å². The summed E-state index contributed by atoms with van der Waals surface area (Å²) in [4.78, 5) is 28.0. The molecule has 0 aliphatic carbocycles. The van der Waals surface area contributed by atoms with Gasteiger partial charge in [0.15, 0.2) is 0 Å². The SMILES string of the molecule is C#CC(C(=O)O)([PH](=O)O)C(C)(O)c1c(C(C)C)nc(-c2ccccc2)c(-c2ccccc2)c1-c1ccc(F)cc1. The van der Waals surface area contributed by atoms with Crippen LogP contribution in [0.15, 0.2) is 84.9 Å². The lowest BCUT2D eigenvalue weighted by Gasteiger charge is -2.40. The van der Waals surface area contributed by atoms with E-state index in [1.54, 1.807) is 0 Å². The lowest BCUT2D eigenvalue weighted by atomic mass is 9.74. The van der Waals surface area contributed by atoms with Gasteiger partial charge in [0.05, 0.1) is 11.4 Å². The first-order valence-corrected chi connectivity index (χ1v) is 13.9. The van der Waals surface area contributed by atoms with E-state index in [1.165, 1.54) is 24.3 Å². The predicted molar refractivity (Wildman–Crippen MR) is 155 cm³/mol. The monoisotopic (exact) mass is 557 g/mol. The van der Waals surface area contributed by atoms with Crippen molar-refractivity contribution in [1.29, 1.82) is 0 Å². The number of hydrogen-bond acceptors (Lipinski definition) is 4. The Morgan fingerprint density at radius 2 is 1.43 bits per heavy atom. The van der Waals surface area contributed by atoms with Crippen molar-refractivity contribution in [3.8, 4) is 45.9 Å². The molecule has 0 fully saturated rings. The van der Waals surface area contributed by atoms with Gasteiger partial charge in [0.2, 0.25) is 13.2 Å². The number of pyridine rings is 1. The fraction of sp³-hybridized carbons (Fsp3) is 0.188. The van der Waals surface area contributed by atoms with Gasteiger partial charge in [-0.15, -0.1) is 6.42 Å². The van der Waals surface area contributed by atoms with E-state index in [0.717, 1.165) is 12.5 Å². The second-order valence-electron chi connectivity index (χ2n) is 9.94. The Labute approximate surface area is 233 Å². The molecule has 0 saturated heterocycles. The number of carboxylic acids is 1. The molecule has 3 aromatic carbocycles. The molecule has 0 saturated carbocycles. The molecule has 1 heterocycles. The van der Waals surface area contributed by atoms with Gasteiger partial charge in [0.1, 0.15) is 11.4 Å². The van der Waals surface area contributed by atoms with Gasteiger partial charge in [-0.3, -0.25) is 9.55 Å². The summed E-state index contributed by atoms with van der Waals surface area (Å²) in [5.41, 5.74) is 0.928. The lowest BCUT2D eigenvalue weighted by Crippen LogP contribution is -2.53. The first-order chi connectivity index (χ1) is 19.0. The van der Waals surface area contributed by atoms with Gasteiger partial charge in [-0.25, -0.2) is 9.18 Å². The van der Waals surface area contributed by atoms with Gasteiger partial charge in [-0.2, -0.15) is 0 Å². The zero-order valence-electron chi connectivity index (χ0n) is 22.2. The molecule has 3 unspecified atom stereocenters. The van der Waals surface area contributed by atoms with E-state index in [0.29, 0.717) is 27.9 Å². The van der Waals surface area contributed by atoms with Crippen molar-refractivity contribution < 1.29 is 28.9 Å². The molecular formula is C32H29FNO5P. The molecule has 3 atom stereocenters. The number of aliphatic hydroxyl groups is 1. The van der Waals surface area contributed by atoms with E-state index in [4.69, 9.17) is 11.4 Å². The second kappa shape index (κ2) is 11.2. The van der Waals surface area contributed by atoms with Crippen LogP contribution < -0.4 is 0 Å². The van der Waals surface area contributed by atoms with Crippen molar-refractivity contribution in [2.45, 2.75) is 37.4 Å². The maximum Gasteiger partial charge on any atom is 0.335 e. The average molecular weight is 558 g/mol. The van der Waals surface area contributed by atoms with Crippen molar-refractivity contribution in [1.82, 2.24) is 4.98 Å². The van der Waals surface area contributed by atoms with Crippen molar-refractivity contribution >= 4 is 14.0 Å². The molecule has 0 bridgehead atoms. The molecule has 204 valence electrons. The van der Waals surface area contributed by atoms with Gasteiger partial charge in [-0.05, 0) is 41.7 Å². The van der Waals surface area contributed by atoms with Gasteiger partial charge < -0.3 is 15.1 Å². The molecule has 0 amide bonds. The van der Waals surface area contributed by atoms with E-state index in [2.05, 4.69) is 0 Å². The minimum Gasteiger partial charge on any atom is -0.480 e. The quantitative estimate of drug-likeness (QED) is 0.169. The number of nitrogens with zero attached hydrogens (tertiary/aromatic N) is 1. The Kier molecular flexibility index (Phi) is 8.09. The number of rotatable bonds is 8. The van der Waals surface area contributed by atoms with Crippen LogP contribution in [0.5, 0.6) is 0 Å². The summed E-state index contributed by atoms with van der Waals surface area (Å²) in [7, 11) is -4.09. The topological polar surface area (TPSA) is 108 Å². The summed E-state index contributed by atoms with van der Waals surface area (Å²) in [6.07, 6.45) is 5.64. The number of aliphatic carboxylic acids is 1. The first-order valence-electron chi connectivity index (χ1n) is 12.6. The van der Waals surface area contributed by atoms with Crippen molar-refractivity contribution in [3.63, 3.8) is 0 Å². The number of carbonyl (C=O) groups is 1. The van der Waals surface area contributed by atoms with Gasteiger partial charge in [0.25, 0.3) is 0 Å². The molecule has 4 rings (SSSR count). The van der Waals surface area contributed by atoms with Gasteiger partial charge in [0, 0.05) is 16.7 Å².